The van der Waals surface area contributed by atoms with Gasteiger partial charge in [0, 0.05) is 0 Å². The molecule has 9 heteroatoms. The first kappa shape index (κ1) is 15.1. The minimum Gasteiger partial charge on any atom is -0.465 e. The van der Waals surface area contributed by atoms with E-state index in [0.29, 0.717) is 5.69 Å². The van der Waals surface area contributed by atoms with Crippen LogP contribution in [0.3, 0.4) is 0 Å². The second kappa shape index (κ2) is 6.81. The van der Waals surface area contributed by atoms with Gasteiger partial charge in [-0.05, 0) is 31.2 Å². The molecule has 0 radical (unpaired) electrons. The minimum absolute atomic E-state index is 0.204. The van der Waals surface area contributed by atoms with Crippen LogP contribution in [-0.4, -0.2) is 32.1 Å². The molecule has 0 aliphatic carbocycles. The Bertz CT molecular complexity index is 553. The van der Waals surface area contributed by atoms with Crippen molar-refractivity contribution in [3.8, 4) is 0 Å². The molecule has 19 heavy (non-hydrogen) atoms. The van der Waals surface area contributed by atoms with Gasteiger partial charge in [0.1, 0.15) is 0 Å². The molecule has 0 saturated heterocycles. The molecule has 1 rings (SSSR count). The maximum atomic E-state index is 10.9. The summed E-state index contributed by atoms with van der Waals surface area (Å²) >= 11 is 0. The predicted octanol–water partition coefficient (Wildman–Crippen LogP) is 1.28. The van der Waals surface area contributed by atoms with Gasteiger partial charge in [-0.3, -0.25) is 9.98 Å². The van der Waals surface area contributed by atoms with Gasteiger partial charge in [-0.25, -0.2) is 4.79 Å². The largest absolute Gasteiger partial charge is 0.465 e. The van der Waals surface area contributed by atoms with Gasteiger partial charge in [-0.1, -0.05) is 5.22 Å². The van der Waals surface area contributed by atoms with Gasteiger partial charge in [0.05, 0.1) is 17.2 Å². The first-order valence-corrected chi connectivity index (χ1v) is 6.73. The van der Waals surface area contributed by atoms with Gasteiger partial charge >= 0.3 is 5.97 Å². The first-order chi connectivity index (χ1) is 8.93. The third-order valence-electron chi connectivity index (χ3n) is 1.91. The Kier molecular flexibility index (Phi) is 5.39. The molecule has 0 atom stereocenters. The molecule has 104 valence electrons. The molecule has 0 heterocycles. The van der Waals surface area contributed by atoms with E-state index in [0.717, 1.165) is 0 Å². The molecule has 1 aromatic carbocycles. The lowest BCUT2D eigenvalue weighted by Crippen LogP contribution is -2.07. The third kappa shape index (κ3) is 5.44. The summed E-state index contributed by atoms with van der Waals surface area (Å²) in [6, 6.07) is 5.20. The average molecular weight is 287 g/mol. The fourth-order valence-corrected chi connectivity index (χ4v) is 1.57. The van der Waals surface area contributed by atoms with E-state index in [1.54, 1.807) is 6.92 Å². The summed E-state index contributed by atoms with van der Waals surface area (Å²) in [6.07, 6.45) is 0. The molecule has 0 aliphatic heterocycles. The Labute approximate surface area is 110 Å². The summed E-state index contributed by atoms with van der Waals surface area (Å²) in [7, 11) is -4.21. The standard InChI is InChI=1S/C10H13N3O5S/c1-2-18-10(14)7-11-13-12-8-3-5-9(6-4-8)19(15,16)17/h3-6H,2,7H2,1H3,(H,11,12)(H,15,16,17). The van der Waals surface area contributed by atoms with Crippen molar-refractivity contribution in [2.24, 2.45) is 10.3 Å². The van der Waals surface area contributed by atoms with Gasteiger partial charge in [-0.15, -0.1) is 0 Å². The van der Waals surface area contributed by atoms with Crippen LogP contribution in [0.1, 0.15) is 6.92 Å². The third-order valence-corrected chi connectivity index (χ3v) is 2.78. The van der Waals surface area contributed by atoms with E-state index in [1.807, 2.05) is 0 Å². The minimum atomic E-state index is -4.21. The Balaban J connectivity index is 2.51. The highest BCUT2D eigenvalue weighted by Gasteiger charge is 2.07. The van der Waals surface area contributed by atoms with Gasteiger partial charge in [-0.2, -0.15) is 13.5 Å². The van der Waals surface area contributed by atoms with E-state index < -0.39 is 16.1 Å². The smallest absolute Gasteiger partial charge is 0.329 e. The van der Waals surface area contributed by atoms with Crippen molar-refractivity contribution >= 4 is 21.8 Å². The van der Waals surface area contributed by atoms with Crippen LogP contribution in [0.25, 0.3) is 0 Å². The average Bonchev–Trinajstić information content (AvgIpc) is 2.34. The number of nitrogens with zero attached hydrogens (tertiary/aromatic N) is 2. The molecule has 0 aromatic heterocycles. The van der Waals surface area contributed by atoms with Crippen molar-refractivity contribution in [1.29, 1.82) is 0 Å². The summed E-state index contributed by atoms with van der Waals surface area (Å²) in [5.41, 5.74) is 2.95. The highest BCUT2D eigenvalue weighted by Crippen LogP contribution is 2.13. The van der Waals surface area contributed by atoms with E-state index in [1.165, 1.54) is 24.3 Å². The Morgan fingerprint density at radius 1 is 1.37 bits per heavy atom. The SMILES string of the molecule is CCOC(=O)CN=NNc1ccc(S(=O)(=O)O)cc1. The van der Waals surface area contributed by atoms with Crippen molar-refractivity contribution in [3.63, 3.8) is 0 Å². The zero-order chi connectivity index (χ0) is 14.3. The number of hydrogen-bond acceptors (Lipinski definition) is 6. The number of nitrogens with one attached hydrogen (secondary N) is 1. The monoisotopic (exact) mass is 287 g/mol. The predicted molar refractivity (Wildman–Crippen MR) is 66.2 cm³/mol. The van der Waals surface area contributed by atoms with Crippen molar-refractivity contribution in [1.82, 2.24) is 0 Å². The fourth-order valence-electron chi connectivity index (χ4n) is 1.09. The van der Waals surface area contributed by atoms with Crippen LogP contribution in [0, 0.1) is 0 Å². The molecule has 0 saturated carbocycles. The first-order valence-electron chi connectivity index (χ1n) is 5.29. The van der Waals surface area contributed by atoms with Crippen molar-refractivity contribution in [3.05, 3.63) is 24.3 Å². The Morgan fingerprint density at radius 2 is 2.00 bits per heavy atom. The fraction of sp³-hybridized carbons (Fsp3) is 0.300. The number of ether oxygens (including phenoxy) is 1. The van der Waals surface area contributed by atoms with E-state index in [2.05, 4.69) is 20.5 Å². The van der Waals surface area contributed by atoms with E-state index in [-0.39, 0.29) is 18.0 Å². The van der Waals surface area contributed by atoms with Crippen LogP contribution in [0.5, 0.6) is 0 Å². The van der Waals surface area contributed by atoms with Crippen LogP contribution in [0.4, 0.5) is 5.69 Å². The molecular weight excluding hydrogens is 274 g/mol. The van der Waals surface area contributed by atoms with Crippen LogP contribution >= 0.6 is 0 Å². The maximum absolute atomic E-state index is 10.9. The van der Waals surface area contributed by atoms with E-state index in [9.17, 15) is 13.2 Å². The molecular formula is C10H13N3O5S. The Morgan fingerprint density at radius 3 is 2.53 bits per heavy atom. The van der Waals surface area contributed by atoms with Crippen LogP contribution in [0.2, 0.25) is 0 Å². The second-order valence-electron chi connectivity index (χ2n) is 3.32. The molecule has 0 spiro atoms. The highest BCUT2D eigenvalue weighted by atomic mass is 32.2. The number of anilines is 1. The lowest BCUT2D eigenvalue weighted by Gasteiger charge is -2.00. The number of rotatable bonds is 6. The van der Waals surface area contributed by atoms with Gasteiger partial charge in [0.25, 0.3) is 10.1 Å². The molecule has 1 aromatic rings. The zero-order valence-electron chi connectivity index (χ0n) is 10.1. The molecule has 8 nitrogen and oxygen atoms in total. The molecule has 0 aliphatic rings. The number of hydrogen-bond donors (Lipinski definition) is 2. The number of esters is 1. The summed E-state index contributed by atoms with van der Waals surface area (Å²) in [4.78, 5) is 10.7. The molecule has 0 unspecified atom stereocenters. The van der Waals surface area contributed by atoms with Crippen LogP contribution in [-0.2, 0) is 19.6 Å². The maximum Gasteiger partial charge on any atom is 0.329 e. The molecule has 0 bridgehead atoms. The number of carbonyl (C=O) groups excluding carboxylic acids is 1. The highest BCUT2D eigenvalue weighted by molar-refractivity contribution is 7.85. The van der Waals surface area contributed by atoms with Crippen molar-refractivity contribution in [2.75, 3.05) is 18.6 Å². The number of carbonyl (C=O) groups is 1. The van der Waals surface area contributed by atoms with E-state index in [4.69, 9.17) is 4.55 Å². The summed E-state index contributed by atoms with van der Waals surface area (Å²) in [5.74, 6) is -0.491. The summed E-state index contributed by atoms with van der Waals surface area (Å²) < 4.78 is 35.0. The number of benzene rings is 1. The molecule has 0 amide bonds. The Hall–Kier alpha value is -2.00. The normalized spacial score (nSPS) is 11.5. The molecule has 2 N–H and O–H groups in total. The second-order valence-corrected chi connectivity index (χ2v) is 4.74. The van der Waals surface area contributed by atoms with Gasteiger partial charge in [0.15, 0.2) is 6.54 Å². The molecule has 0 fully saturated rings. The van der Waals surface area contributed by atoms with Gasteiger partial charge in [0.2, 0.25) is 0 Å². The summed E-state index contributed by atoms with van der Waals surface area (Å²) in [6.45, 7) is 1.76. The quantitative estimate of drug-likeness (QED) is 0.352. The summed E-state index contributed by atoms with van der Waals surface area (Å²) in [5, 5.41) is 7.05. The van der Waals surface area contributed by atoms with E-state index >= 15 is 0 Å². The lowest BCUT2D eigenvalue weighted by molar-refractivity contribution is -0.141. The van der Waals surface area contributed by atoms with Crippen LogP contribution < -0.4 is 5.43 Å². The van der Waals surface area contributed by atoms with Gasteiger partial charge < -0.3 is 4.74 Å². The zero-order valence-corrected chi connectivity index (χ0v) is 10.9. The lowest BCUT2D eigenvalue weighted by atomic mass is 10.3. The van der Waals surface area contributed by atoms with Crippen molar-refractivity contribution < 1.29 is 22.5 Å². The van der Waals surface area contributed by atoms with Crippen molar-refractivity contribution in [2.45, 2.75) is 11.8 Å². The topological polar surface area (TPSA) is 117 Å². The van der Waals surface area contributed by atoms with Crippen LogP contribution in [0.15, 0.2) is 39.5 Å².